The molecule has 3 rings (SSSR count). The van der Waals surface area contributed by atoms with Crippen molar-refractivity contribution in [3.05, 3.63) is 40.1 Å². The highest BCUT2D eigenvalue weighted by Gasteiger charge is 2.25. The minimum atomic E-state index is -0.641. The number of aliphatic hydroxyl groups excluding tert-OH is 1. The molecule has 0 bridgehead atoms. The van der Waals surface area contributed by atoms with Crippen LogP contribution in [-0.2, 0) is 11.4 Å². The first-order valence-electron chi connectivity index (χ1n) is 9.16. The highest BCUT2D eigenvalue weighted by Crippen LogP contribution is 2.42. The van der Waals surface area contributed by atoms with Crippen LogP contribution in [0.2, 0.25) is 0 Å². The molecule has 0 aliphatic rings. The smallest absolute Gasteiger partial charge is 0.308 e. The SMILES string of the molecule is COc1ccc(-c2oc3c(OC)c(CO)cc(OC(C)=O)c3c(=O)c2OC)cc1OC. The van der Waals surface area contributed by atoms with Crippen LogP contribution in [0.3, 0.4) is 0 Å². The van der Waals surface area contributed by atoms with Gasteiger partial charge in [-0.15, -0.1) is 0 Å². The molecule has 0 saturated heterocycles. The summed E-state index contributed by atoms with van der Waals surface area (Å²) >= 11 is 0. The predicted octanol–water partition coefficient (Wildman–Crippen LogP) is 2.91. The fourth-order valence-corrected chi connectivity index (χ4v) is 3.27. The number of carbonyl (C=O) groups is 1. The topological polar surface area (TPSA) is 114 Å². The lowest BCUT2D eigenvalue weighted by Crippen LogP contribution is -2.12. The van der Waals surface area contributed by atoms with E-state index in [1.807, 2.05) is 0 Å². The molecule has 0 aliphatic heterocycles. The molecule has 1 heterocycles. The van der Waals surface area contributed by atoms with Crippen LogP contribution in [0, 0.1) is 0 Å². The van der Waals surface area contributed by atoms with Gasteiger partial charge in [0.1, 0.15) is 11.1 Å². The molecule has 0 aliphatic carbocycles. The van der Waals surface area contributed by atoms with Crippen LogP contribution in [0.1, 0.15) is 12.5 Å². The van der Waals surface area contributed by atoms with Crippen molar-refractivity contribution >= 4 is 16.9 Å². The highest BCUT2D eigenvalue weighted by atomic mass is 16.5. The van der Waals surface area contributed by atoms with Gasteiger partial charge < -0.3 is 33.2 Å². The van der Waals surface area contributed by atoms with Crippen molar-refractivity contribution in [3.63, 3.8) is 0 Å². The van der Waals surface area contributed by atoms with Crippen molar-refractivity contribution in [1.82, 2.24) is 0 Å². The molecule has 0 fully saturated rings. The van der Waals surface area contributed by atoms with E-state index in [1.54, 1.807) is 18.2 Å². The number of rotatable bonds is 7. The van der Waals surface area contributed by atoms with Crippen molar-refractivity contribution in [2.75, 3.05) is 28.4 Å². The number of hydrogen-bond acceptors (Lipinski definition) is 9. The third kappa shape index (κ3) is 3.87. The maximum Gasteiger partial charge on any atom is 0.308 e. The van der Waals surface area contributed by atoms with Gasteiger partial charge in [-0.05, 0) is 24.3 Å². The average molecular weight is 430 g/mol. The summed E-state index contributed by atoms with van der Waals surface area (Å²) in [7, 11) is 5.69. The number of fused-ring (bicyclic) bond motifs is 1. The second-order valence-corrected chi connectivity index (χ2v) is 6.39. The molecule has 31 heavy (non-hydrogen) atoms. The lowest BCUT2D eigenvalue weighted by Gasteiger charge is -2.16. The summed E-state index contributed by atoms with van der Waals surface area (Å²) in [6.07, 6.45) is 0. The monoisotopic (exact) mass is 430 g/mol. The van der Waals surface area contributed by atoms with Gasteiger partial charge >= 0.3 is 5.97 Å². The van der Waals surface area contributed by atoms with E-state index >= 15 is 0 Å². The molecule has 9 nitrogen and oxygen atoms in total. The first-order chi connectivity index (χ1) is 14.9. The Morgan fingerprint density at radius 1 is 0.935 bits per heavy atom. The minimum absolute atomic E-state index is 0.000819. The summed E-state index contributed by atoms with van der Waals surface area (Å²) in [5, 5.41) is 9.70. The summed E-state index contributed by atoms with van der Waals surface area (Å²) in [5.74, 6) is 0.327. The molecule has 1 aromatic heterocycles. The second-order valence-electron chi connectivity index (χ2n) is 6.39. The van der Waals surface area contributed by atoms with Gasteiger partial charge in [0.15, 0.2) is 28.6 Å². The molecule has 0 amide bonds. The molecule has 0 unspecified atom stereocenters. The molecular weight excluding hydrogens is 408 g/mol. The molecular formula is C22H22O9. The zero-order valence-electron chi connectivity index (χ0n) is 17.7. The van der Waals surface area contributed by atoms with Crippen LogP contribution in [0.15, 0.2) is 33.5 Å². The van der Waals surface area contributed by atoms with Crippen molar-refractivity contribution in [3.8, 4) is 40.1 Å². The molecule has 164 valence electrons. The quantitative estimate of drug-likeness (QED) is 0.446. The number of carbonyl (C=O) groups excluding carboxylic acids is 1. The molecule has 3 aromatic rings. The van der Waals surface area contributed by atoms with E-state index in [4.69, 9.17) is 28.1 Å². The number of ether oxygens (including phenoxy) is 5. The van der Waals surface area contributed by atoms with Gasteiger partial charge in [-0.1, -0.05) is 0 Å². The average Bonchev–Trinajstić information content (AvgIpc) is 2.77. The predicted molar refractivity (Wildman–Crippen MR) is 111 cm³/mol. The van der Waals surface area contributed by atoms with E-state index in [-0.39, 0.29) is 39.5 Å². The van der Waals surface area contributed by atoms with Crippen molar-refractivity contribution in [1.29, 1.82) is 0 Å². The van der Waals surface area contributed by atoms with Gasteiger partial charge in [0.05, 0.1) is 35.0 Å². The van der Waals surface area contributed by atoms with E-state index < -0.39 is 18.0 Å². The Morgan fingerprint density at radius 3 is 2.16 bits per heavy atom. The van der Waals surface area contributed by atoms with E-state index in [9.17, 15) is 14.7 Å². The van der Waals surface area contributed by atoms with Crippen LogP contribution in [0.4, 0.5) is 0 Å². The van der Waals surface area contributed by atoms with Crippen LogP contribution >= 0.6 is 0 Å². The third-order valence-electron chi connectivity index (χ3n) is 4.60. The van der Waals surface area contributed by atoms with E-state index in [2.05, 4.69) is 0 Å². The normalized spacial score (nSPS) is 10.6. The fraction of sp³-hybridized carbons (Fsp3) is 0.273. The maximum absolute atomic E-state index is 13.4. The number of aliphatic hydroxyl groups is 1. The van der Waals surface area contributed by atoms with Gasteiger partial charge in [0, 0.05) is 18.1 Å². The third-order valence-corrected chi connectivity index (χ3v) is 4.60. The first kappa shape index (κ1) is 22.0. The van der Waals surface area contributed by atoms with Crippen molar-refractivity contribution in [2.45, 2.75) is 13.5 Å². The van der Waals surface area contributed by atoms with Crippen molar-refractivity contribution < 1.29 is 38.0 Å². The summed E-state index contributed by atoms with van der Waals surface area (Å²) in [6.45, 7) is 0.764. The molecule has 0 radical (unpaired) electrons. The summed E-state index contributed by atoms with van der Waals surface area (Å²) in [4.78, 5) is 24.9. The van der Waals surface area contributed by atoms with Crippen LogP contribution in [0.25, 0.3) is 22.3 Å². The number of methoxy groups -OCH3 is 4. The maximum atomic E-state index is 13.4. The summed E-state index contributed by atoms with van der Waals surface area (Å²) < 4.78 is 32.6. The summed E-state index contributed by atoms with van der Waals surface area (Å²) in [5.41, 5.74) is 0.172. The highest BCUT2D eigenvalue weighted by molar-refractivity contribution is 5.94. The van der Waals surface area contributed by atoms with Crippen molar-refractivity contribution in [2.24, 2.45) is 0 Å². The van der Waals surface area contributed by atoms with Gasteiger partial charge in [0.2, 0.25) is 11.2 Å². The lowest BCUT2D eigenvalue weighted by atomic mass is 10.1. The van der Waals surface area contributed by atoms with Crippen LogP contribution in [0.5, 0.6) is 28.7 Å². The van der Waals surface area contributed by atoms with Crippen LogP contribution in [-0.4, -0.2) is 39.5 Å². The summed E-state index contributed by atoms with van der Waals surface area (Å²) in [6, 6.07) is 6.31. The molecule has 2 aromatic carbocycles. The number of benzene rings is 2. The van der Waals surface area contributed by atoms with E-state index in [0.717, 1.165) is 0 Å². The Labute approximate surface area is 177 Å². The molecule has 0 atom stereocenters. The Hall–Kier alpha value is -3.72. The lowest BCUT2D eigenvalue weighted by molar-refractivity contribution is -0.131. The van der Waals surface area contributed by atoms with E-state index in [0.29, 0.717) is 17.1 Å². The van der Waals surface area contributed by atoms with E-state index in [1.165, 1.54) is 41.4 Å². The second kappa shape index (κ2) is 8.97. The molecule has 0 spiro atoms. The molecule has 0 saturated carbocycles. The Bertz CT molecular complexity index is 1190. The van der Waals surface area contributed by atoms with Gasteiger partial charge in [0.25, 0.3) is 0 Å². The zero-order valence-corrected chi connectivity index (χ0v) is 17.7. The van der Waals surface area contributed by atoms with Gasteiger partial charge in [-0.25, -0.2) is 0 Å². The van der Waals surface area contributed by atoms with Gasteiger partial charge in [-0.2, -0.15) is 0 Å². The number of esters is 1. The fourth-order valence-electron chi connectivity index (χ4n) is 3.27. The molecule has 1 N–H and O–H groups in total. The largest absolute Gasteiger partial charge is 0.493 e. The zero-order chi connectivity index (χ0) is 22.7. The first-order valence-corrected chi connectivity index (χ1v) is 9.16. The van der Waals surface area contributed by atoms with Crippen LogP contribution < -0.4 is 29.1 Å². The minimum Gasteiger partial charge on any atom is -0.493 e. The van der Waals surface area contributed by atoms with Gasteiger partial charge in [-0.3, -0.25) is 9.59 Å². The standard InChI is InChI=1S/C22H22O9/c1-11(24)30-16-9-13(10-23)19(28-4)21-17(16)18(25)22(29-5)20(31-21)12-6-7-14(26-2)15(8-12)27-3/h6-9,23H,10H2,1-5H3. The Balaban J connectivity index is 2.44. The Morgan fingerprint density at radius 2 is 1.61 bits per heavy atom. The number of hydrogen-bond donors (Lipinski definition) is 1. The Kier molecular flexibility index (Phi) is 6.36. The molecule has 9 heteroatoms.